The number of hydrogen-bond donors (Lipinski definition) is 0. The van der Waals surface area contributed by atoms with Gasteiger partial charge in [-0.25, -0.2) is 0 Å². The molecule has 1 aliphatic rings. The van der Waals surface area contributed by atoms with Crippen LogP contribution in [0.5, 0.6) is 0 Å². The van der Waals surface area contributed by atoms with E-state index >= 15 is 0 Å². The smallest absolute Gasteiger partial charge is 0.426 e. The van der Waals surface area contributed by atoms with Gasteiger partial charge in [-0.15, -0.1) is 0 Å². The zero-order valence-electron chi connectivity index (χ0n) is 9.66. The van der Waals surface area contributed by atoms with E-state index in [0.717, 1.165) is 0 Å². The van der Waals surface area contributed by atoms with E-state index in [-0.39, 0.29) is 11.2 Å². The molecule has 1 saturated heterocycles. The molecule has 1 N–H and O–H groups in total. The minimum atomic E-state index is -6.00. The lowest BCUT2D eigenvalue weighted by Gasteiger charge is -2.36. The van der Waals surface area contributed by atoms with Gasteiger partial charge in [-0.3, -0.25) is 0 Å². The number of hydrogen-bond acceptors (Lipinski definition) is 0. The van der Waals surface area contributed by atoms with Gasteiger partial charge in [0.1, 0.15) is 0 Å². The first kappa shape index (κ1) is 14.7. The Morgan fingerprint density at radius 2 is 1.13 bits per heavy atom. The lowest BCUT2D eigenvalue weighted by atomic mass is 9.89. The van der Waals surface area contributed by atoms with Crippen LogP contribution in [-0.2, 0) is 0 Å². The summed E-state index contributed by atoms with van der Waals surface area (Å²) in [5, 5.41) is 0. The Labute approximate surface area is 88.3 Å². The normalized spacial score (nSPS) is 24.0. The van der Waals surface area contributed by atoms with Gasteiger partial charge < -0.3 is 22.0 Å². The van der Waals surface area contributed by atoms with Crippen molar-refractivity contribution in [1.29, 1.82) is 0 Å². The van der Waals surface area contributed by atoms with Crippen LogP contribution < -0.4 is 0 Å². The second-order valence-electron chi connectivity index (χ2n) is 5.09. The van der Waals surface area contributed by atoms with E-state index in [9.17, 15) is 17.3 Å². The predicted molar refractivity (Wildman–Crippen MR) is 54.4 cm³/mol. The fraction of sp³-hybridized carbons (Fsp3) is 1.00. The molecule has 92 valence electrons. The van der Waals surface area contributed by atoms with Gasteiger partial charge in [-0.2, -0.15) is 0 Å². The molecule has 1 aliphatic heterocycles. The third-order valence-corrected chi connectivity index (χ3v) is 2.18. The van der Waals surface area contributed by atoms with Gasteiger partial charge in [-0.1, -0.05) is 0 Å². The molecule has 15 heavy (non-hydrogen) atoms. The molecule has 0 amide bonds. The van der Waals surface area contributed by atoms with Crippen molar-refractivity contribution in [2.45, 2.75) is 58.2 Å². The molecule has 0 spiro atoms. The molecule has 1 heterocycles. The van der Waals surface area contributed by atoms with E-state index in [1.165, 1.54) is 19.3 Å². The first-order chi connectivity index (χ1) is 6.41. The van der Waals surface area contributed by atoms with Crippen molar-refractivity contribution in [1.82, 2.24) is 0 Å². The van der Waals surface area contributed by atoms with Crippen LogP contribution in [0.1, 0.15) is 47.0 Å². The zero-order chi connectivity index (χ0) is 12.3. The molecule has 0 bridgehead atoms. The summed E-state index contributed by atoms with van der Waals surface area (Å²) < 4.78 is 43.7. The molecule has 0 aromatic heterocycles. The SMILES string of the molecule is CC1(C)CCCC(C)(C)[OH+]1.F[B-](F)(F)F. The molecule has 0 radical (unpaired) electrons. The van der Waals surface area contributed by atoms with Crippen molar-refractivity contribution in [3.05, 3.63) is 0 Å². The summed E-state index contributed by atoms with van der Waals surface area (Å²) in [5.41, 5.74) is 0.476. The minimum Gasteiger partial charge on any atom is -0.426 e. The van der Waals surface area contributed by atoms with Crippen molar-refractivity contribution < 1.29 is 22.0 Å². The monoisotopic (exact) mass is 230 g/mol. The maximum Gasteiger partial charge on any atom is 0.673 e. The number of aliphatic hydroxyl groups is 2. The summed E-state index contributed by atoms with van der Waals surface area (Å²) in [7, 11) is -6.00. The van der Waals surface area contributed by atoms with E-state index in [0.29, 0.717) is 0 Å². The molecule has 0 aromatic carbocycles. The fourth-order valence-corrected chi connectivity index (χ4v) is 1.88. The molecule has 0 saturated carbocycles. The van der Waals surface area contributed by atoms with Gasteiger partial charge in [0, 0.05) is 40.5 Å². The number of rotatable bonds is 0. The third-order valence-electron chi connectivity index (χ3n) is 2.18. The Balaban J connectivity index is 0.000000336. The van der Waals surface area contributed by atoms with Crippen molar-refractivity contribution in [2.75, 3.05) is 0 Å². The zero-order valence-corrected chi connectivity index (χ0v) is 9.66. The maximum absolute atomic E-state index is 9.75. The molecule has 0 unspecified atom stereocenters. The highest BCUT2D eigenvalue weighted by molar-refractivity contribution is 6.50. The number of ether oxygens (including phenoxy) is 1. The van der Waals surface area contributed by atoms with Crippen LogP contribution in [0, 0.1) is 0 Å². The van der Waals surface area contributed by atoms with Gasteiger partial charge in [-0.05, 0) is 6.42 Å². The van der Waals surface area contributed by atoms with Gasteiger partial charge in [0.25, 0.3) is 0 Å². The molecule has 6 heteroatoms. The summed E-state index contributed by atoms with van der Waals surface area (Å²) in [4.78, 5) is 0. The van der Waals surface area contributed by atoms with Crippen LogP contribution >= 0.6 is 0 Å². The summed E-state index contributed by atoms with van der Waals surface area (Å²) in [6.45, 7) is 8.92. The molecular weight excluding hydrogens is 211 g/mol. The minimum absolute atomic E-state index is 0.238. The Morgan fingerprint density at radius 1 is 0.867 bits per heavy atom. The highest BCUT2D eigenvalue weighted by Crippen LogP contribution is 2.31. The average Bonchev–Trinajstić information content (AvgIpc) is 1.74. The summed E-state index contributed by atoms with van der Waals surface area (Å²) in [6, 6.07) is 0. The van der Waals surface area contributed by atoms with Crippen LogP contribution in [0.25, 0.3) is 0 Å². The highest BCUT2D eigenvalue weighted by atomic mass is 19.5. The quantitative estimate of drug-likeness (QED) is 0.343. The first-order valence-electron chi connectivity index (χ1n) is 5.03. The van der Waals surface area contributed by atoms with Crippen molar-refractivity contribution in [2.24, 2.45) is 0 Å². The van der Waals surface area contributed by atoms with E-state index in [2.05, 4.69) is 27.7 Å². The predicted octanol–water partition coefficient (Wildman–Crippen LogP) is 3.56. The summed E-state index contributed by atoms with van der Waals surface area (Å²) >= 11 is 0. The maximum atomic E-state index is 9.75. The summed E-state index contributed by atoms with van der Waals surface area (Å²) in [5.74, 6) is 0. The van der Waals surface area contributed by atoms with Gasteiger partial charge in [0.05, 0.1) is 0 Å². The van der Waals surface area contributed by atoms with Crippen LogP contribution in [0.4, 0.5) is 17.3 Å². The Morgan fingerprint density at radius 3 is 1.27 bits per heavy atom. The topological polar surface area (TPSA) is 12.8 Å². The third kappa shape index (κ3) is 10.0. The lowest BCUT2D eigenvalue weighted by Crippen LogP contribution is -2.45. The molecule has 1 rings (SSSR count). The van der Waals surface area contributed by atoms with Crippen molar-refractivity contribution in [3.63, 3.8) is 0 Å². The number of halogens is 4. The van der Waals surface area contributed by atoms with E-state index in [1.807, 2.05) is 0 Å². The average molecular weight is 230 g/mol. The largest absolute Gasteiger partial charge is 0.673 e. The van der Waals surface area contributed by atoms with Crippen LogP contribution in [0.2, 0.25) is 0 Å². The van der Waals surface area contributed by atoms with Crippen LogP contribution in [0.15, 0.2) is 0 Å². The van der Waals surface area contributed by atoms with E-state index < -0.39 is 7.25 Å². The Hall–Kier alpha value is -0.255. The second kappa shape index (κ2) is 4.72. The molecule has 0 atom stereocenters. The van der Waals surface area contributed by atoms with Gasteiger partial charge >= 0.3 is 7.25 Å². The van der Waals surface area contributed by atoms with Gasteiger partial charge in [0.15, 0.2) is 11.2 Å². The fourth-order valence-electron chi connectivity index (χ4n) is 1.88. The molecule has 1 fully saturated rings. The van der Waals surface area contributed by atoms with Crippen molar-refractivity contribution in [3.8, 4) is 0 Å². The standard InChI is InChI=1S/C9H18O.BF4/c1-8(2)6-5-7-9(3,4)10-8;2-1(3,4)5/h5-7H2,1-4H3;/q;-1/p+1. The second-order valence-corrected chi connectivity index (χ2v) is 5.09. The Bertz CT molecular complexity index is 181. The first-order valence-corrected chi connectivity index (χ1v) is 5.03. The molecule has 0 aliphatic carbocycles. The lowest BCUT2D eigenvalue weighted by molar-refractivity contribution is -0.280. The van der Waals surface area contributed by atoms with E-state index in [1.54, 1.807) is 0 Å². The molecule has 1 nitrogen and oxygen atoms in total. The van der Waals surface area contributed by atoms with Crippen LogP contribution in [0.3, 0.4) is 0 Å². The van der Waals surface area contributed by atoms with E-state index in [4.69, 9.17) is 4.74 Å². The molecule has 0 aromatic rings. The van der Waals surface area contributed by atoms with Gasteiger partial charge in [0.2, 0.25) is 0 Å². The Kier molecular flexibility index (Phi) is 4.64. The van der Waals surface area contributed by atoms with Crippen molar-refractivity contribution >= 4 is 7.25 Å². The highest BCUT2D eigenvalue weighted by Gasteiger charge is 2.38. The molecular formula is C9H19BF4O. The summed E-state index contributed by atoms with van der Waals surface area (Å²) in [6.07, 6.45) is 3.86. The van der Waals surface area contributed by atoms with Crippen LogP contribution in [-0.4, -0.2) is 23.2 Å².